The molecule has 1 atom stereocenters. The van der Waals surface area contributed by atoms with Crippen molar-refractivity contribution in [2.24, 2.45) is 7.05 Å². The Labute approximate surface area is 172 Å². The largest absolute Gasteiger partial charge is 0.358 e. The molecule has 1 amide bonds. The third kappa shape index (κ3) is 3.54. The minimum atomic E-state index is -0.694. The van der Waals surface area contributed by atoms with Crippen LogP contribution in [0, 0.1) is 6.92 Å². The van der Waals surface area contributed by atoms with Gasteiger partial charge in [-0.3, -0.25) is 9.59 Å². The third-order valence-corrected chi connectivity index (χ3v) is 5.17. The Kier molecular flexibility index (Phi) is 4.94. The van der Waals surface area contributed by atoms with Gasteiger partial charge in [0.1, 0.15) is 11.9 Å². The Balaban J connectivity index is 1.69. The number of Topliss-reactive ketones (excluding diaryl/α,β-unsaturated/α-hetero) is 1. The lowest BCUT2D eigenvalue weighted by Gasteiger charge is -2.19. The zero-order chi connectivity index (χ0) is 20.5. The fourth-order valence-corrected chi connectivity index (χ4v) is 3.61. The maximum Gasteiger partial charge on any atom is 0.293 e. The smallest absolute Gasteiger partial charge is 0.293 e. The quantitative estimate of drug-likeness (QED) is 0.389. The van der Waals surface area contributed by atoms with Gasteiger partial charge >= 0.3 is 0 Å². The van der Waals surface area contributed by atoms with Crippen molar-refractivity contribution in [3.63, 3.8) is 0 Å². The van der Waals surface area contributed by atoms with Crippen LogP contribution in [0.1, 0.15) is 33.5 Å². The van der Waals surface area contributed by atoms with Gasteiger partial charge in [-0.2, -0.15) is 0 Å². The molecule has 0 bridgehead atoms. The van der Waals surface area contributed by atoms with E-state index in [4.69, 9.17) is 11.6 Å². The summed E-state index contributed by atoms with van der Waals surface area (Å²) in [5, 5.41) is 4.16. The Morgan fingerprint density at radius 2 is 1.86 bits per heavy atom. The fourth-order valence-electron chi connectivity index (χ4n) is 3.49. The van der Waals surface area contributed by atoms with E-state index in [1.54, 1.807) is 36.0 Å². The van der Waals surface area contributed by atoms with Crippen molar-refractivity contribution in [3.8, 4) is 0 Å². The van der Waals surface area contributed by atoms with Gasteiger partial charge in [0.2, 0.25) is 0 Å². The van der Waals surface area contributed by atoms with E-state index in [2.05, 4.69) is 15.3 Å². The minimum absolute atomic E-state index is 0.382. The molecule has 6 nitrogen and oxygen atoms in total. The molecule has 0 saturated heterocycles. The van der Waals surface area contributed by atoms with E-state index in [9.17, 15) is 9.59 Å². The van der Waals surface area contributed by atoms with Crippen molar-refractivity contribution < 1.29 is 9.59 Å². The Bertz CT molecular complexity index is 1210. The van der Waals surface area contributed by atoms with Gasteiger partial charge in [-0.1, -0.05) is 41.9 Å². The molecule has 0 fully saturated rings. The van der Waals surface area contributed by atoms with E-state index in [0.29, 0.717) is 22.1 Å². The predicted molar refractivity (Wildman–Crippen MR) is 112 cm³/mol. The third-order valence-electron chi connectivity index (χ3n) is 4.92. The molecule has 0 unspecified atom stereocenters. The molecule has 0 aliphatic carbocycles. The first kappa shape index (κ1) is 19.0. The van der Waals surface area contributed by atoms with E-state index in [0.717, 1.165) is 16.5 Å². The normalized spacial score (nSPS) is 12.1. The maximum atomic E-state index is 13.0. The first-order valence-electron chi connectivity index (χ1n) is 9.11. The van der Waals surface area contributed by atoms with Gasteiger partial charge in [-0.25, -0.2) is 4.98 Å². The number of aromatic nitrogens is 3. The van der Waals surface area contributed by atoms with Crippen LogP contribution in [0.2, 0.25) is 5.02 Å². The van der Waals surface area contributed by atoms with Crippen LogP contribution in [0.15, 0.2) is 60.9 Å². The number of benzene rings is 2. The average Bonchev–Trinajstić information content (AvgIpc) is 3.28. The van der Waals surface area contributed by atoms with E-state index in [1.807, 2.05) is 43.4 Å². The number of imidazole rings is 1. The summed E-state index contributed by atoms with van der Waals surface area (Å²) in [6.45, 7) is 1.79. The number of rotatable bonds is 5. The summed E-state index contributed by atoms with van der Waals surface area (Å²) in [6.07, 6.45) is 3.44. The molecule has 7 heteroatoms. The highest BCUT2D eigenvalue weighted by molar-refractivity contribution is 6.45. The first-order chi connectivity index (χ1) is 14.0. The van der Waals surface area contributed by atoms with Crippen LogP contribution < -0.4 is 5.32 Å². The molecular weight excluding hydrogens is 388 g/mol. The minimum Gasteiger partial charge on any atom is -0.358 e. The molecule has 2 N–H and O–H groups in total. The summed E-state index contributed by atoms with van der Waals surface area (Å²) < 4.78 is 1.81. The van der Waals surface area contributed by atoms with Crippen LogP contribution in [0.25, 0.3) is 10.9 Å². The zero-order valence-corrected chi connectivity index (χ0v) is 16.7. The van der Waals surface area contributed by atoms with E-state index in [1.165, 1.54) is 0 Å². The van der Waals surface area contributed by atoms with E-state index < -0.39 is 17.7 Å². The molecule has 2 heterocycles. The summed E-state index contributed by atoms with van der Waals surface area (Å²) in [4.78, 5) is 33.5. The van der Waals surface area contributed by atoms with Crippen molar-refractivity contribution in [2.45, 2.75) is 13.0 Å². The first-order valence-corrected chi connectivity index (χ1v) is 9.48. The molecule has 0 spiro atoms. The van der Waals surface area contributed by atoms with Crippen molar-refractivity contribution in [1.29, 1.82) is 0 Å². The van der Waals surface area contributed by atoms with Crippen molar-refractivity contribution >= 4 is 34.2 Å². The number of carbonyl (C=O) groups is 2. The van der Waals surface area contributed by atoms with Crippen LogP contribution in [-0.4, -0.2) is 26.2 Å². The molecule has 29 heavy (non-hydrogen) atoms. The molecule has 4 aromatic rings. The predicted octanol–water partition coefficient (Wildman–Crippen LogP) is 3.95. The lowest BCUT2D eigenvalue weighted by molar-refractivity contribution is -0.117. The second-order valence-corrected chi connectivity index (χ2v) is 7.29. The number of carbonyl (C=O) groups excluding carboxylic acids is 2. The Morgan fingerprint density at radius 1 is 1.14 bits per heavy atom. The SMILES string of the molecule is Cc1[nH]c2ccccc2c1C(=O)C(=O)N[C@@H](c1ccc(Cl)cc1)c1nccn1C. The molecule has 0 aliphatic rings. The summed E-state index contributed by atoms with van der Waals surface area (Å²) in [7, 11) is 1.84. The number of hydrogen-bond acceptors (Lipinski definition) is 3. The van der Waals surface area contributed by atoms with Gasteiger partial charge in [0.25, 0.3) is 11.7 Å². The fraction of sp³-hybridized carbons (Fsp3) is 0.136. The number of fused-ring (bicyclic) bond motifs is 1. The second-order valence-electron chi connectivity index (χ2n) is 6.85. The van der Waals surface area contributed by atoms with Gasteiger partial charge in [0.05, 0.1) is 5.56 Å². The number of nitrogens with one attached hydrogen (secondary N) is 2. The van der Waals surface area contributed by atoms with Gasteiger partial charge < -0.3 is 14.9 Å². The molecule has 2 aromatic heterocycles. The molecule has 0 aliphatic heterocycles. The highest BCUT2D eigenvalue weighted by atomic mass is 35.5. The number of halogens is 1. The van der Waals surface area contributed by atoms with Gasteiger partial charge in [0, 0.05) is 41.1 Å². The number of H-pyrrole nitrogens is 1. The van der Waals surface area contributed by atoms with Crippen LogP contribution in [0.3, 0.4) is 0 Å². The summed E-state index contributed by atoms with van der Waals surface area (Å²) >= 11 is 6.00. The maximum absolute atomic E-state index is 13.0. The number of aromatic amines is 1. The van der Waals surface area contributed by atoms with Crippen molar-refractivity contribution in [1.82, 2.24) is 19.9 Å². The van der Waals surface area contributed by atoms with Crippen LogP contribution >= 0.6 is 11.6 Å². The summed E-state index contributed by atoms with van der Waals surface area (Å²) in [5.74, 6) is -0.668. The lowest BCUT2D eigenvalue weighted by Crippen LogP contribution is -2.36. The Morgan fingerprint density at radius 3 is 2.55 bits per heavy atom. The number of amides is 1. The second kappa shape index (κ2) is 7.56. The van der Waals surface area contributed by atoms with Crippen LogP contribution in [0.4, 0.5) is 0 Å². The van der Waals surface area contributed by atoms with Crippen LogP contribution in [-0.2, 0) is 11.8 Å². The zero-order valence-electron chi connectivity index (χ0n) is 15.9. The van der Waals surface area contributed by atoms with Crippen LogP contribution in [0.5, 0.6) is 0 Å². The summed E-state index contributed by atoms with van der Waals surface area (Å²) in [5.41, 5.74) is 2.64. The standard InChI is InChI=1S/C22H19ClN4O2/c1-13-18(16-5-3-4-6-17(16)25-13)20(28)22(29)26-19(21-24-11-12-27(21)2)14-7-9-15(23)10-8-14/h3-12,19,25H,1-2H3,(H,26,29)/t19-/m0/s1. The van der Waals surface area contributed by atoms with Crippen molar-refractivity contribution in [2.75, 3.05) is 0 Å². The Hall–Kier alpha value is -3.38. The van der Waals surface area contributed by atoms with Crippen molar-refractivity contribution in [3.05, 3.63) is 88.6 Å². The number of hydrogen-bond donors (Lipinski definition) is 2. The summed E-state index contributed by atoms with van der Waals surface area (Å²) in [6, 6.07) is 13.9. The molecule has 2 aromatic carbocycles. The number of para-hydroxylation sites is 1. The van der Waals surface area contributed by atoms with Gasteiger partial charge in [0.15, 0.2) is 0 Å². The highest BCUT2D eigenvalue weighted by Gasteiger charge is 2.27. The molecule has 4 rings (SSSR count). The lowest BCUT2D eigenvalue weighted by atomic mass is 10.0. The monoisotopic (exact) mass is 406 g/mol. The highest BCUT2D eigenvalue weighted by Crippen LogP contribution is 2.25. The molecule has 0 saturated carbocycles. The van der Waals surface area contributed by atoms with E-state index in [-0.39, 0.29) is 0 Å². The number of nitrogens with zero attached hydrogens (tertiary/aromatic N) is 2. The average molecular weight is 407 g/mol. The van der Waals surface area contributed by atoms with Gasteiger partial charge in [-0.05, 0) is 30.7 Å². The van der Waals surface area contributed by atoms with E-state index >= 15 is 0 Å². The molecule has 0 radical (unpaired) electrons. The number of aryl methyl sites for hydroxylation is 2. The molecular formula is C22H19ClN4O2. The number of ketones is 1. The van der Waals surface area contributed by atoms with Gasteiger partial charge in [-0.15, -0.1) is 0 Å². The molecule has 146 valence electrons. The topological polar surface area (TPSA) is 79.8 Å².